The Bertz CT molecular complexity index is 2400. The van der Waals surface area contributed by atoms with Crippen molar-refractivity contribution >= 4 is 24.1 Å². The number of hydrazone groups is 1. The van der Waals surface area contributed by atoms with Crippen LogP contribution in [0, 0.1) is 11.3 Å². The molecule has 2 aliphatic rings. The third kappa shape index (κ3) is 10.4. The van der Waals surface area contributed by atoms with Crippen molar-refractivity contribution in [3.05, 3.63) is 142 Å². The number of ether oxygens (including phenoxy) is 4. The molecule has 1 aromatic heterocycles. The fourth-order valence-electron chi connectivity index (χ4n) is 8.44. The maximum Gasteiger partial charge on any atom is 0.165 e. The molecule has 0 radical (unpaired) electrons. The molecule has 4 aromatic carbocycles. The molecule has 0 saturated heterocycles. The molecule has 3 atom stereocenters. The highest BCUT2D eigenvalue weighted by atomic mass is 16.5. The molecule has 1 saturated carbocycles. The van der Waals surface area contributed by atoms with Crippen LogP contribution in [0.5, 0.6) is 23.0 Å². The van der Waals surface area contributed by atoms with Gasteiger partial charge in [0.25, 0.3) is 0 Å². The van der Waals surface area contributed by atoms with E-state index in [-0.39, 0.29) is 30.7 Å². The van der Waals surface area contributed by atoms with Gasteiger partial charge in [-0.25, -0.2) is 4.68 Å². The maximum atomic E-state index is 11.0. The van der Waals surface area contributed by atoms with Gasteiger partial charge >= 0.3 is 0 Å². The fourth-order valence-corrected chi connectivity index (χ4v) is 8.44. The topological polar surface area (TPSA) is 139 Å². The van der Waals surface area contributed by atoms with Crippen molar-refractivity contribution < 1.29 is 24.1 Å². The Morgan fingerprint density at radius 2 is 1.61 bits per heavy atom. The average Bonchev–Trinajstić information content (AvgIpc) is 3.71. The molecule has 1 aliphatic heterocycles. The van der Waals surface area contributed by atoms with Gasteiger partial charge in [-0.2, -0.15) is 5.10 Å². The van der Waals surface area contributed by atoms with E-state index in [2.05, 4.69) is 85.4 Å². The van der Waals surface area contributed by atoms with E-state index in [1.165, 1.54) is 5.57 Å². The Labute approximate surface area is 359 Å². The lowest BCUT2D eigenvalue weighted by Crippen LogP contribution is -2.58. The highest BCUT2D eigenvalue weighted by Gasteiger charge is 2.54. The number of nitrogens with zero attached hydrogens (tertiary/aromatic N) is 5. The highest BCUT2D eigenvalue weighted by molar-refractivity contribution is 6.31. The van der Waals surface area contributed by atoms with Crippen LogP contribution >= 0.6 is 0 Å². The fraction of sp³-hybridized carbons (Fsp3) is 0.360. The van der Waals surface area contributed by atoms with E-state index in [0.29, 0.717) is 54.6 Å². The van der Waals surface area contributed by atoms with Crippen LogP contribution in [0.25, 0.3) is 12.2 Å². The van der Waals surface area contributed by atoms with Crippen molar-refractivity contribution in [3.8, 4) is 23.0 Å². The van der Waals surface area contributed by atoms with Gasteiger partial charge in [-0.3, -0.25) is 4.99 Å². The van der Waals surface area contributed by atoms with Crippen molar-refractivity contribution in [2.24, 2.45) is 27.3 Å². The molecular formula is C50H58N6O5. The lowest BCUT2D eigenvalue weighted by molar-refractivity contribution is -0.138. The number of hydrogen-bond donors (Lipinski definition) is 2. The van der Waals surface area contributed by atoms with Crippen molar-refractivity contribution in [1.29, 1.82) is 0 Å². The molecule has 0 amide bonds. The van der Waals surface area contributed by atoms with E-state index in [1.807, 2.05) is 83.7 Å². The first-order valence-corrected chi connectivity index (χ1v) is 21.0. The first-order valence-electron chi connectivity index (χ1n) is 21.0. The number of aliphatic hydroxyl groups excluding tert-OH is 1. The summed E-state index contributed by atoms with van der Waals surface area (Å²) in [5, 5.41) is 23.8. The molecule has 1 unspecified atom stereocenters. The number of nitrogens with two attached hydrogens (primary N) is 1. The number of methoxy groups -OCH3 is 1. The lowest BCUT2D eigenvalue weighted by atomic mass is 9.57. The van der Waals surface area contributed by atoms with Gasteiger partial charge in [0.2, 0.25) is 0 Å². The summed E-state index contributed by atoms with van der Waals surface area (Å²) in [7, 11) is 1.68. The number of hydrogen-bond acceptors (Lipinski definition) is 10. The van der Waals surface area contributed by atoms with Crippen LogP contribution in [0.1, 0.15) is 86.5 Å². The maximum absolute atomic E-state index is 11.0. The summed E-state index contributed by atoms with van der Waals surface area (Å²) in [6.45, 7) is 12.0. The summed E-state index contributed by atoms with van der Waals surface area (Å²) in [4.78, 5) is 4.57. The Morgan fingerprint density at radius 3 is 2.30 bits per heavy atom. The zero-order valence-corrected chi connectivity index (χ0v) is 36.2. The molecule has 7 rings (SSSR count). The lowest BCUT2D eigenvalue weighted by Gasteiger charge is -2.55. The van der Waals surface area contributed by atoms with Crippen molar-refractivity contribution in [1.82, 2.24) is 15.0 Å². The molecule has 2 heterocycles. The summed E-state index contributed by atoms with van der Waals surface area (Å²) in [5.74, 6) is 8.75. The van der Waals surface area contributed by atoms with Crippen LogP contribution in [-0.4, -0.2) is 57.4 Å². The Morgan fingerprint density at radius 1 is 0.934 bits per heavy atom. The molecule has 1 fully saturated rings. The van der Waals surface area contributed by atoms with Gasteiger partial charge in [0, 0.05) is 17.7 Å². The predicted octanol–water partition coefficient (Wildman–Crippen LogP) is 9.05. The second-order valence-electron chi connectivity index (χ2n) is 17.1. The van der Waals surface area contributed by atoms with Gasteiger partial charge < -0.3 is 29.9 Å². The molecule has 0 spiro atoms. The largest absolute Gasteiger partial charge is 0.493 e. The molecule has 11 heteroatoms. The molecule has 5 aromatic rings. The Kier molecular flexibility index (Phi) is 13.4. The van der Waals surface area contributed by atoms with Crippen molar-refractivity contribution in [2.45, 2.75) is 91.7 Å². The summed E-state index contributed by atoms with van der Waals surface area (Å²) >= 11 is 0. The summed E-state index contributed by atoms with van der Waals surface area (Å²) < 4.78 is 27.7. The normalized spacial score (nSPS) is 19.6. The number of rotatable bonds is 16. The Hall–Kier alpha value is -6.20. The summed E-state index contributed by atoms with van der Waals surface area (Å²) in [5.41, 5.74) is 7.65. The summed E-state index contributed by atoms with van der Waals surface area (Å²) in [6, 6.07) is 28.4. The standard InChI is InChI=1S/C50H58N6O5/c1-34(2)17-20-42-43(59-32-40(53-51)29-52-28-35-13-9-7-10-14-35)24-38(25-44(42)60-33-41-31-56(55-54-41)30-36-15-11-8-12-16-36)19-18-37-23-39-27-46-49(3,4)47(57)21-22-50(46,5)61-48(39)45(26-37)58-6/h7-19,23-26,29,31,46-47,57H,20-22,27-28,30,32-33,51H2,1-6H3/b19-18+,52-29?,53-40+/t46?,47-,50-/m1/s1. The van der Waals surface area contributed by atoms with Crippen LogP contribution in [-0.2, 0) is 32.5 Å². The summed E-state index contributed by atoms with van der Waals surface area (Å²) in [6.07, 6.45) is 12.3. The molecule has 318 valence electrons. The molecular weight excluding hydrogens is 765 g/mol. The van der Waals surface area contributed by atoms with Crippen LogP contribution in [0.4, 0.5) is 0 Å². The SMILES string of the molecule is COc1cc(/C=C/c2cc(OC/C(C=NCc3ccccc3)=N/N)c(CC=C(C)C)c(OCc3cn(Cc4ccccc4)nn3)c2)cc2c1O[C@]1(C)CC[C@@H](O)C(C)(C)C1C2. The number of aliphatic hydroxyl groups is 1. The van der Waals surface area contributed by atoms with Crippen LogP contribution in [0.15, 0.2) is 113 Å². The van der Waals surface area contributed by atoms with Gasteiger partial charge in [0.1, 0.15) is 41.7 Å². The monoisotopic (exact) mass is 822 g/mol. The van der Waals surface area contributed by atoms with Gasteiger partial charge in [-0.05, 0) is 104 Å². The highest BCUT2D eigenvalue weighted by Crippen LogP contribution is 2.55. The van der Waals surface area contributed by atoms with Crippen LogP contribution in [0.2, 0.25) is 0 Å². The smallest absolute Gasteiger partial charge is 0.165 e. The van der Waals surface area contributed by atoms with E-state index < -0.39 is 5.60 Å². The second-order valence-corrected chi connectivity index (χ2v) is 17.1. The molecule has 61 heavy (non-hydrogen) atoms. The van der Waals surface area contributed by atoms with E-state index in [4.69, 9.17) is 24.8 Å². The number of aromatic nitrogens is 3. The number of allylic oxidation sites excluding steroid dienone is 2. The van der Waals surface area contributed by atoms with E-state index >= 15 is 0 Å². The Balaban J connectivity index is 1.20. The van der Waals surface area contributed by atoms with Crippen molar-refractivity contribution in [3.63, 3.8) is 0 Å². The first kappa shape index (κ1) is 42.9. The quantitative estimate of drug-likeness (QED) is 0.0331. The van der Waals surface area contributed by atoms with Gasteiger partial charge in [0.05, 0.1) is 32.5 Å². The third-order valence-electron chi connectivity index (χ3n) is 12.0. The molecule has 1 aliphatic carbocycles. The van der Waals surface area contributed by atoms with Crippen LogP contribution < -0.4 is 24.8 Å². The van der Waals surface area contributed by atoms with E-state index in [0.717, 1.165) is 52.0 Å². The van der Waals surface area contributed by atoms with Gasteiger partial charge in [-0.1, -0.05) is 104 Å². The minimum atomic E-state index is -0.390. The minimum absolute atomic E-state index is 0.101. The number of benzene rings is 4. The van der Waals surface area contributed by atoms with Gasteiger partial charge in [-0.15, -0.1) is 5.10 Å². The zero-order valence-electron chi connectivity index (χ0n) is 36.2. The zero-order chi connectivity index (χ0) is 43.0. The number of aliphatic imine (C=N–C) groups is 1. The second kappa shape index (κ2) is 19.0. The minimum Gasteiger partial charge on any atom is -0.493 e. The molecule has 0 bridgehead atoms. The van der Waals surface area contributed by atoms with E-state index in [1.54, 1.807) is 13.3 Å². The van der Waals surface area contributed by atoms with E-state index in [9.17, 15) is 5.11 Å². The number of fused-ring (bicyclic) bond motifs is 2. The predicted molar refractivity (Wildman–Crippen MR) is 242 cm³/mol. The van der Waals surface area contributed by atoms with Crippen LogP contribution in [0.3, 0.4) is 0 Å². The third-order valence-corrected chi connectivity index (χ3v) is 12.0. The molecule has 11 nitrogen and oxygen atoms in total. The van der Waals surface area contributed by atoms with Crippen molar-refractivity contribution in [2.75, 3.05) is 13.7 Å². The molecule has 3 N–H and O–H groups in total. The first-order chi connectivity index (χ1) is 29.4. The van der Waals surface area contributed by atoms with Gasteiger partial charge in [0.15, 0.2) is 11.5 Å². The average molecular weight is 823 g/mol.